The van der Waals surface area contributed by atoms with Crippen molar-refractivity contribution in [2.75, 3.05) is 0 Å². The lowest BCUT2D eigenvalue weighted by Crippen LogP contribution is -2.41. The van der Waals surface area contributed by atoms with Crippen molar-refractivity contribution in [1.29, 1.82) is 0 Å². The van der Waals surface area contributed by atoms with Crippen molar-refractivity contribution in [3.63, 3.8) is 0 Å². The average Bonchev–Trinajstić information content (AvgIpc) is 3.00. The van der Waals surface area contributed by atoms with E-state index >= 15 is 0 Å². The Morgan fingerprint density at radius 3 is 2.34 bits per heavy atom. The SMILES string of the molecule is C=C/C=C\C=C/Cc1cc(B2OC(C)(C)C(C)(C)O2)cc(C2=CC=C(c3ccccc3)C=CC2)c1. The minimum absolute atomic E-state index is 0.374. The Labute approximate surface area is 211 Å². The summed E-state index contributed by atoms with van der Waals surface area (Å²) in [6.07, 6.45) is 20.6. The van der Waals surface area contributed by atoms with Crippen LogP contribution in [0.2, 0.25) is 0 Å². The van der Waals surface area contributed by atoms with E-state index in [4.69, 9.17) is 9.31 Å². The molecule has 1 heterocycles. The predicted octanol–water partition coefficient (Wildman–Crippen LogP) is 7.25. The second-order valence-corrected chi connectivity index (χ2v) is 10.1. The highest BCUT2D eigenvalue weighted by molar-refractivity contribution is 6.62. The maximum absolute atomic E-state index is 6.40. The van der Waals surface area contributed by atoms with E-state index in [1.807, 2.05) is 12.2 Å². The van der Waals surface area contributed by atoms with Crippen LogP contribution in [0.25, 0.3) is 11.1 Å². The third-order valence-corrected chi connectivity index (χ3v) is 6.97. The van der Waals surface area contributed by atoms with Crippen molar-refractivity contribution in [3.8, 4) is 0 Å². The van der Waals surface area contributed by atoms with Gasteiger partial charge in [0.1, 0.15) is 0 Å². The first-order chi connectivity index (χ1) is 16.8. The predicted molar refractivity (Wildman–Crippen MR) is 150 cm³/mol. The van der Waals surface area contributed by atoms with Crippen LogP contribution >= 0.6 is 0 Å². The van der Waals surface area contributed by atoms with Gasteiger partial charge in [-0.1, -0.05) is 110 Å². The van der Waals surface area contributed by atoms with Crippen molar-refractivity contribution in [2.45, 2.75) is 51.7 Å². The van der Waals surface area contributed by atoms with Gasteiger partial charge in [0.2, 0.25) is 0 Å². The lowest BCUT2D eigenvalue weighted by atomic mass is 9.76. The smallest absolute Gasteiger partial charge is 0.399 e. The molecule has 3 heteroatoms. The summed E-state index contributed by atoms with van der Waals surface area (Å²) in [5.41, 5.74) is 6.48. The van der Waals surface area contributed by atoms with Gasteiger partial charge in [-0.25, -0.2) is 0 Å². The molecule has 1 fully saturated rings. The lowest BCUT2D eigenvalue weighted by molar-refractivity contribution is 0.00578. The molecule has 2 aromatic rings. The highest BCUT2D eigenvalue weighted by Gasteiger charge is 2.51. The quantitative estimate of drug-likeness (QED) is 0.319. The first kappa shape index (κ1) is 25.0. The summed E-state index contributed by atoms with van der Waals surface area (Å²) in [6.45, 7) is 12.1. The maximum atomic E-state index is 6.40. The average molecular weight is 462 g/mol. The summed E-state index contributed by atoms with van der Waals surface area (Å²) >= 11 is 0. The highest BCUT2D eigenvalue weighted by atomic mass is 16.7. The molecule has 2 nitrogen and oxygen atoms in total. The summed E-state index contributed by atoms with van der Waals surface area (Å²) in [6, 6.07) is 17.3. The van der Waals surface area contributed by atoms with Gasteiger partial charge in [0, 0.05) is 0 Å². The molecule has 1 aliphatic heterocycles. The zero-order valence-electron chi connectivity index (χ0n) is 21.3. The van der Waals surface area contributed by atoms with Crippen LogP contribution in [-0.2, 0) is 15.7 Å². The highest BCUT2D eigenvalue weighted by Crippen LogP contribution is 2.37. The third-order valence-electron chi connectivity index (χ3n) is 6.97. The van der Waals surface area contributed by atoms with Crippen LogP contribution < -0.4 is 5.46 Å². The van der Waals surface area contributed by atoms with Gasteiger partial charge >= 0.3 is 7.12 Å². The van der Waals surface area contributed by atoms with Crippen LogP contribution in [0.4, 0.5) is 0 Å². The minimum atomic E-state index is -0.388. The molecule has 1 saturated heterocycles. The fourth-order valence-corrected chi connectivity index (χ4v) is 4.23. The van der Waals surface area contributed by atoms with Gasteiger partial charge in [-0.3, -0.25) is 0 Å². The van der Waals surface area contributed by atoms with Crippen LogP contribution in [0.15, 0.2) is 110 Å². The second-order valence-electron chi connectivity index (χ2n) is 10.1. The Morgan fingerprint density at radius 1 is 0.886 bits per heavy atom. The zero-order valence-corrected chi connectivity index (χ0v) is 21.3. The molecule has 0 saturated carbocycles. The summed E-state index contributed by atoms with van der Waals surface area (Å²) in [7, 11) is -0.388. The standard InChI is InChI=1S/C32H35BO2/c1-6-7-8-9-11-15-25-22-29(24-30(23-25)33-34-31(2,3)32(4,5)35-33)28-19-14-18-27(20-21-28)26-16-12-10-13-17-26/h6-14,16-18,20-24H,1,15,19H2,2-5H3/b8-7-,11-9-. The van der Waals surface area contributed by atoms with Gasteiger partial charge in [-0.05, 0) is 73.8 Å². The molecule has 178 valence electrons. The van der Waals surface area contributed by atoms with E-state index in [0.29, 0.717) is 0 Å². The fraction of sp³-hybridized carbons (Fsp3) is 0.250. The van der Waals surface area contributed by atoms with Gasteiger partial charge in [0.05, 0.1) is 11.2 Å². The first-order valence-electron chi connectivity index (χ1n) is 12.4. The summed E-state index contributed by atoms with van der Waals surface area (Å²) in [5.74, 6) is 0. The molecular weight excluding hydrogens is 427 g/mol. The van der Waals surface area contributed by atoms with Crippen molar-refractivity contribution in [2.24, 2.45) is 0 Å². The van der Waals surface area contributed by atoms with E-state index in [-0.39, 0.29) is 18.3 Å². The lowest BCUT2D eigenvalue weighted by Gasteiger charge is -2.32. The molecule has 0 amide bonds. The van der Waals surface area contributed by atoms with Crippen molar-refractivity contribution >= 4 is 23.7 Å². The molecule has 0 aromatic heterocycles. The topological polar surface area (TPSA) is 18.5 Å². The van der Waals surface area contributed by atoms with E-state index in [9.17, 15) is 0 Å². The van der Waals surface area contributed by atoms with E-state index in [0.717, 1.165) is 18.3 Å². The Kier molecular flexibility index (Phi) is 7.59. The number of hydrogen-bond donors (Lipinski definition) is 0. The van der Waals surface area contributed by atoms with Gasteiger partial charge in [0.15, 0.2) is 0 Å². The van der Waals surface area contributed by atoms with Crippen LogP contribution in [0, 0.1) is 0 Å². The summed E-state index contributed by atoms with van der Waals surface area (Å²) < 4.78 is 12.8. The van der Waals surface area contributed by atoms with Crippen molar-refractivity contribution < 1.29 is 9.31 Å². The monoisotopic (exact) mass is 462 g/mol. The maximum Gasteiger partial charge on any atom is 0.494 e. The van der Waals surface area contributed by atoms with Gasteiger partial charge in [0.25, 0.3) is 0 Å². The molecule has 0 spiro atoms. The molecule has 0 bridgehead atoms. The fourth-order valence-electron chi connectivity index (χ4n) is 4.23. The molecule has 0 atom stereocenters. The van der Waals surface area contributed by atoms with Crippen LogP contribution in [0.5, 0.6) is 0 Å². The van der Waals surface area contributed by atoms with Crippen LogP contribution in [0.3, 0.4) is 0 Å². The molecule has 1 aliphatic carbocycles. The number of rotatable bonds is 7. The van der Waals surface area contributed by atoms with E-state index < -0.39 is 0 Å². The van der Waals surface area contributed by atoms with E-state index in [2.05, 4.69) is 119 Å². The molecule has 35 heavy (non-hydrogen) atoms. The third kappa shape index (κ3) is 5.93. The van der Waals surface area contributed by atoms with E-state index in [1.54, 1.807) is 6.08 Å². The Hall–Kier alpha value is -3.14. The molecule has 0 unspecified atom stereocenters. The number of benzene rings is 2. The number of hydrogen-bond acceptors (Lipinski definition) is 2. The van der Waals surface area contributed by atoms with Crippen molar-refractivity contribution in [1.82, 2.24) is 0 Å². The molecular formula is C32H35BO2. The Morgan fingerprint density at radius 2 is 1.63 bits per heavy atom. The van der Waals surface area contributed by atoms with Gasteiger partial charge < -0.3 is 9.31 Å². The van der Waals surface area contributed by atoms with Crippen molar-refractivity contribution in [3.05, 3.63) is 126 Å². The minimum Gasteiger partial charge on any atom is -0.399 e. The molecule has 2 aromatic carbocycles. The summed E-state index contributed by atoms with van der Waals surface area (Å²) in [5, 5.41) is 0. The Balaban J connectivity index is 1.69. The number of allylic oxidation sites excluding steroid dienone is 11. The second kappa shape index (κ2) is 10.6. The van der Waals surface area contributed by atoms with Gasteiger partial charge in [-0.15, -0.1) is 0 Å². The normalized spacial score (nSPS) is 19.1. The zero-order chi connectivity index (χ0) is 24.9. The summed E-state index contributed by atoms with van der Waals surface area (Å²) in [4.78, 5) is 0. The first-order valence-corrected chi connectivity index (χ1v) is 12.4. The van der Waals surface area contributed by atoms with E-state index in [1.165, 1.54) is 27.8 Å². The molecule has 0 N–H and O–H groups in total. The largest absolute Gasteiger partial charge is 0.494 e. The van der Waals surface area contributed by atoms with Crippen LogP contribution in [0.1, 0.15) is 50.8 Å². The molecule has 4 rings (SSSR count). The van der Waals surface area contributed by atoms with Crippen LogP contribution in [-0.4, -0.2) is 18.3 Å². The Bertz CT molecular complexity index is 1190. The molecule has 0 radical (unpaired) electrons. The molecule has 2 aliphatic rings. The van der Waals surface area contributed by atoms with Gasteiger partial charge in [-0.2, -0.15) is 0 Å².